The smallest absolute Gasteiger partial charge is 0.318 e. The summed E-state index contributed by atoms with van der Waals surface area (Å²) in [4.78, 5) is 23.8. The molecule has 2 amide bonds. The van der Waals surface area contributed by atoms with Gasteiger partial charge in [0.2, 0.25) is 0 Å². The number of urea groups is 1. The van der Waals surface area contributed by atoms with Crippen molar-refractivity contribution in [2.75, 3.05) is 7.05 Å². The largest absolute Gasteiger partial charge is 0.329 e. The maximum absolute atomic E-state index is 12.2. The zero-order chi connectivity index (χ0) is 15.4. The van der Waals surface area contributed by atoms with Gasteiger partial charge in [-0.2, -0.15) is 0 Å². The van der Waals surface area contributed by atoms with Gasteiger partial charge in [0.1, 0.15) is 10.0 Å². The molecular weight excluding hydrogens is 304 g/mol. The van der Waals surface area contributed by atoms with Crippen LogP contribution >= 0.6 is 22.7 Å². The van der Waals surface area contributed by atoms with Crippen molar-refractivity contribution in [3.63, 3.8) is 0 Å². The molecule has 0 saturated carbocycles. The number of nitrogens with zero attached hydrogens (tertiary/aromatic N) is 3. The van der Waals surface area contributed by atoms with Crippen molar-refractivity contribution in [2.24, 2.45) is 0 Å². The van der Waals surface area contributed by atoms with E-state index < -0.39 is 0 Å². The highest BCUT2D eigenvalue weighted by molar-refractivity contribution is 7.11. The van der Waals surface area contributed by atoms with Crippen molar-refractivity contribution >= 4 is 28.7 Å². The first kappa shape index (κ1) is 15.9. The molecule has 0 aliphatic carbocycles. The topological polar surface area (TPSA) is 58.1 Å². The molecule has 0 aliphatic heterocycles. The van der Waals surface area contributed by atoms with Crippen molar-refractivity contribution < 1.29 is 4.79 Å². The summed E-state index contributed by atoms with van der Waals surface area (Å²) < 4.78 is 0. The van der Waals surface area contributed by atoms with Crippen LogP contribution in [0.25, 0.3) is 0 Å². The van der Waals surface area contributed by atoms with Gasteiger partial charge in [-0.1, -0.05) is 6.92 Å². The molecular formula is C14H20N4OS2. The Morgan fingerprint density at radius 3 is 2.86 bits per heavy atom. The van der Waals surface area contributed by atoms with Crippen LogP contribution in [0, 0.1) is 6.92 Å². The fourth-order valence-electron chi connectivity index (χ4n) is 1.79. The normalized spacial score (nSPS) is 12.2. The molecule has 0 spiro atoms. The number of aryl methyl sites for hydroxylation is 2. The Labute approximate surface area is 133 Å². The fraction of sp³-hybridized carbons (Fsp3) is 0.500. The molecule has 7 heteroatoms. The van der Waals surface area contributed by atoms with E-state index in [2.05, 4.69) is 22.2 Å². The van der Waals surface area contributed by atoms with Crippen LogP contribution in [0.15, 0.2) is 11.6 Å². The average Bonchev–Trinajstić information content (AvgIpc) is 3.07. The summed E-state index contributed by atoms with van der Waals surface area (Å²) in [6.45, 7) is 6.53. The van der Waals surface area contributed by atoms with E-state index >= 15 is 0 Å². The van der Waals surface area contributed by atoms with Crippen LogP contribution in [0.2, 0.25) is 0 Å². The zero-order valence-electron chi connectivity index (χ0n) is 12.7. The minimum Gasteiger partial charge on any atom is -0.329 e. The monoisotopic (exact) mass is 324 g/mol. The summed E-state index contributed by atoms with van der Waals surface area (Å²) in [5.74, 6) is 0. The third-order valence-electron chi connectivity index (χ3n) is 3.02. The molecule has 2 heterocycles. The first-order chi connectivity index (χ1) is 9.99. The van der Waals surface area contributed by atoms with Gasteiger partial charge < -0.3 is 10.2 Å². The van der Waals surface area contributed by atoms with Gasteiger partial charge in [0, 0.05) is 29.2 Å². The SMILES string of the molecule is CCc1cnc(CN(C)C(=O)NC(C)c2nc(C)cs2)s1. The maximum atomic E-state index is 12.2. The molecule has 0 aromatic carbocycles. The predicted molar refractivity (Wildman–Crippen MR) is 86.8 cm³/mol. The summed E-state index contributed by atoms with van der Waals surface area (Å²) >= 11 is 3.22. The predicted octanol–water partition coefficient (Wildman–Crippen LogP) is 3.37. The zero-order valence-corrected chi connectivity index (χ0v) is 14.3. The second-order valence-electron chi connectivity index (χ2n) is 4.93. The summed E-state index contributed by atoms with van der Waals surface area (Å²) in [5, 5.41) is 6.84. The van der Waals surface area contributed by atoms with E-state index in [1.807, 2.05) is 25.4 Å². The molecule has 0 fully saturated rings. The minimum absolute atomic E-state index is 0.0823. The van der Waals surface area contributed by atoms with Gasteiger partial charge in [-0.05, 0) is 20.3 Å². The van der Waals surface area contributed by atoms with Crippen molar-refractivity contribution in [3.8, 4) is 0 Å². The van der Waals surface area contributed by atoms with Crippen LogP contribution in [0.3, 0.4) is 0 Å². The number of thiazole rings is 2. The van der Waals surface area contributed by atoms with Crippen LogP contribution in [-0.2, 0) is 13.0 Å². The first-order valence-electron chi connectivity index (χ1n) is 6.86. The van der Waals surface area contributed by atoms with E-state index in [1.54, 1.807) is 34.6 Å². The van der Waals surface area contributed by atoms with Gasteiger partial charge in [-0.15, -0.1) is 22.7 Å². The van der Waals surface area contributed by atoms with E-state index in [1.165, 1.54) is 4.88 Å². The number of rotatable bonds is 5. The number of hydrogen-bond donors (Lipinski definition) is 1. The van der Waals surface area contributed by atoms with Crippen LogP contribution in [0.5, 0.6) is 0 Å². The summed E-state index contributed by atoms with van der Waals surface area (Å²) in [5.41, 5.74) is 0.985. The van der Waals surface area contributed by atoms with Crippen molar-refractivity contribution in [1.82, 2.24) is 20.2 Å². The lowest BCUT2D eigenvalue weighted by molar-refractivity contribution is 0.203. The molecule has 114 valence electrons. The molecule has 0 bridgehead atoms. The molecule has 0 aliphatic rings. The highest BCUT2D eigenvalue weighted by Crippen LogP contribution is 2.18. The Hall–Kier alpha value is -1.47. The Kier molecular flexibility index (Phi) is 5.30. The van der Waals surface area contributed by atoms with Gasteiger partial charge in [0.25, 0.3) is 0 Å². The van der Waals surface area contributed by atoms with E-state index in [4.69, 9.17) is 0 Å². The number of carbonyl (C=O) groups is 1. The Morgan fingerprint density at radius 1 is 1.52 bits per heavy atom. The molecule has 2 aromatic heterocycles. The summed E-state index contributed by atoms with van der Waals surface area (Å²) in [7, 11) is 1.78. The van der Waals surface area contributed by atoms with Gasteiger partial charge in [-0.25, -0.2) is 14.8 Å². The number of nitrogens with one attached hydrogen (secondary N) is 1. The Balaban J connectivity index is 1.90. The third-order valence-corrected chi connectivity index (χ3v) is 5.29. The second kappa shape index (κ2) is 7.00. The van der Waals surface area contributed by atoms with E-state index in [9.17, 15) is 4.79 Å². The van der Waals surface area contributed by atoms with Gasteiger partial charge >= 0.3 is 6.03 Å². The van der Waals surface area contributed by atoms with Gasteiger partial charge in [-0.3, -0.25) is 0 Å². The quantitative estimate of drug-likeness (QED) is 0.917. The highest BCUT2D eigenvalue weighted by atomic mass is 32.1. The highest BCUT2D eigenvalue weighted by Gasteiger charge is 2.16. The lowest BCUT2D eigenvalue weighted by atomic mass is 10.3. The fourth-order valence-corrected chi connectivity index (χ4v) is 3.51. The summed E-state index contributed by atoms with van der Waals surface area (Å²) in [6.07, 6.45) is 2.86. The Morgan fingerprint density at radius 2 is 2.29 bits per heavy atom. The minimum atomic E-state index is -0.108. The average molecular weight is 324 g/mol. The molecule has 0 radical (unpaired) electrons. The number of hydrogen-bond acceptors (Lipinski definition) is 5. The number of amides is 2. The lowest BCUT2D eigenvalue weighted by Crippen LogP contribution is -2.38. The van der Waals surface area contributed by atoms with Crippen LogP contribution in [0.4, 0.5) is 4.79 Å². The third kappa shape index (κ3) is 4.25. The standard InChI is InChI=1S/C14H20N4OS2/c1-5-11-6-15-12(21-11)7-18(4)14(19)17-10(3)13-16-9(2)8-20-13/h6,8,10H,5,7H2,1-4H3,(H,17,19). The van der Waals surface area contributed by atoms with Crippen LogP contribution in [-0.4, -0.2) is 27.9 Å². The number of carbonyl (C=O) groups excluding carboxylic acids is 1. The summed E-state index contributed by atoms with van der Waals surface area (Å²) in [6, 6.07) is -0.190. The molecule has 1 unspecified atom stereocenters. The lowest BCUT2D eigenvalue weighted by Gasteiger charge is -2.19. The van der Waals surface area contributed by atoms with Crippen molar-refractivity contribution in [3.05, 3.63) is 32.2 Å². The Bertz CT molecular complexity index is 608. The maximum Gasteiger partial charge on any atom is 0.318 e. The second-order valence-corrected chi connectivity index (χ2v) is 7.02. The molecule has 21 heavy (non-hydrogen) atoms. The van der Waals surface area contributed by atoms with Gasteiger partial charge in [0.05, 0.1) is 12.6 Å². The molecule has 2 rings (SSSR count). The van der Waals surface area contributed by atoms with E-state index in [0.717, 1.165) is 22.1 Å². The molecule has 5 nitrogen and oxygen atoms in total. The molecule has 0 saturated heterocycles. The van der Waals surface area contributed by atoms with E-state index in [-0.39, 0.29) is 12.1 Å². The van der Waals surface area contributed by atoms with Crippen LogP contribution in [0.1, 0.15) is 40.5 Å². The van der Waals surface area contributed by atoms with Crippen LogP contribution < -0.4 is 5.32 Å². The molecule has 2 aromatic rings. The number of aromatic nitrogens is 2. The van der Waals surface area contributed by atoms with Gasteiger partial charge in [0.15, 0.2) is 0 Å². The van der Waals surface area contributed by atoms with E-state index in [0.29, 0.717) is 6.54 Å². The van der Waals surface area contributed by atoms with Crippen molar-refractivity contribution in [2.45, 2.75) is 39.8 Å². The first-order valence-corrected chi connectivity index (χ1v) is 8.56. The van der Waals surface area contributed by atoms with Crippen molar-refractivity contribution in [1.29, 1.82) is 0 Å². The molecule has 1 atom stereocenters. The molecule has 1 N–H and O–H groups in total.